The summed E-state index contributed by atoms with van der Waals surface area (Å²) in [5, 5.41) is 8.44. The maximum absolute atomic E-state index is 5.96. The second-order valence-corrected chi connectivity index (χ2v) is 10.1. The van der Waals surface area contributed by atoms with E-state index < -0.39 is 0 Å². The summed E-state index contributed by atoms with van der Waals surface area (Å²) in [5.41, 5.74) is 1.52. The Hall–Kier alpha value is -1.20. The minimum Gasteiger partial charge on any atom is -0.360 e. The minimum absolute atomic E-state index is 0.121. The lowest BCUT2D eigenvalue weighted by atomic mass is 9.79. The summed E-state index contributed by atoms with van der Waals surface area (Å²) in [4.78, 5) is 6.61. The summed E-state index contributed by atoms with van der Waals surface area (Å²) in [6, 6.07) is 5.17. The van der Waals surface area contributed by atoms with Crippen LogP contribution >= 0.6 is 12.2 Å². The monoisotopic (exact) mass is 388 g/mol. The van der Waals surface area contributed by atoms with Crippen molar-refractivity contribution in [3.63, 3.8) is 0 Å². The van der Waals surface area contributed by atoms with Crippen molar-refractivity contribution in [3.05, 3.63) is 30.1 Å². The van der Waals surface area contributed by atoms with Gasteiger partial charge in [-0.15, -0.1) is 0 Å². The van der Waals surface area contributed by atoms with Gasteiger partial charge in [0.2, 0.25) is 0 Å². The first kappa shape index (κ1) is 20.5. The number of nitrogens with one attached hydrogen (secondary N) is 2. The molecule has 0 amide bonds. The highest BCUT2D eigenvalue weighted by atomic mass is 32.1. The summed E-state index contributed by atoms with van der Waals surface area (Å²) in [5.74, 6) is 0. The first-order valence-corrected chi connectivity index (χ1v) is 10.9. The molecule has 5 heteroatoms. The van der Waals surface area contributed by atoms with E-state index in [9.17, 15) is 0 Å². The molecule has 1 aliphatic heterocycles. The molecule has 1 aromatic rings. The van der Waals surface area contributed by atoms with E-state index in [1.807, 2.05) is 12.4 Å². The quantitative estimate of drug-likeness (QED) is 0.748. The van der Waals surface area contributed by atoms with E-state index in [0.717, 1.165) is 24.5 Å². The van der Waals surface area contributed by atoms with Crippen LogP contribution in [0.25, 0.3) is 0 Å². The van der Waals surface area contributed by atoms with Gasteiger partial charge >= 0.3 is 0 Å². The molecule has 0 bridgehead atoms. The summed E-state index contributed by atoms with van der Waals surface area (Å²) >= 11 is 5.96. The van der Waals surface area contributed by atoms with E-state index in [1.165, 1.54) is 37.7 Å². The molecule has 2 fully saturated rings. The van der Waals surface area contributed by atoms with Gasteiger partial charge < -0.3 is 15.5 Å². The number of pyridine rings is 1. The van der Waals surface area contributed by atoms with Gasteiger partial charge in [0, 0.05) is 42.1 Å². The Morgan fingerprint density at radius 2 is 1.70 bits per heavy atom. The van der Waals surface area contributed by atoms with E-state index in [1.54, 1.807) is 0 Å². The van der Waals surface area contributed by atoms with Crippen LogP contribution in [0.5, 0.6) is 0 Å². The molecule has 150 valence electrons. The van der Waals surface area contributed by atoms with Crippen LogP contribution in [-0.2, 0) is 6.54 Å². The number of hydrogen-bond donors (Lipinski definition) is 2. The van der Waals surface area contributed by atoms with Crippen molar-refractivity contribution in [1.82, 2.24) is 20.5 Å². The van der Waals surface area contributed by atoms with Gasteiger partial charge in [0.05, 0.1) is 0 Å². The van der Waals surface area contributed by atoms with Crippen molar-refractivity contribution < 1.29 is 0 Å². The van der Waals surface area contributed by atoms with Crippen LogP contribution < -0.4 is 10.6 Å². The highest BCUT2D eigenvalue weighted by molar-refractivity contribution is 7.80. The highest BCUT2D eigenvalue weighted by Gasteiger charge is 2.38. The molecule has 1 aromatic heterocycles. The van der Waals surface area contributed by atoms with Crippen LogP contribution in [0.15, 0.2) is 24.5 Å². The SMILES string of the molecule is CC1(C)CC(NC(=S)N(Cc2ccncc2)C2CCCCC2)CC(C)(C)N1. The Balaban J connectivity index is 1.72. The fraction of sp³-hybridized carbons (Fsp3) is 0.727. The van der Waals surface area contributed by atoms with Crippen LogP contribution in [0, 0.1) is 0 Å². The number of piperidine rings is 1. The lowest BCUT2D eigenvalue weighted by molar-refractivity contribution is 0.151. The zero-order valence-electron chi connectivity index (χ0n) is 17.4. The molecule has 1 saturated carbocycles. The molecule has 0 aromatic carbocycles. The first-order chi connectivity index (χ1) is 12.7. The smallest absolute Gasteiger partial charge is 0.169 e. The lowest BCUT2D eigenvalue weighted by Crippen LogP contribution is -2.63. The summed E-state index contributed by atoms with van der Waals surface area (Å²) in [7, 11) is 0. The Bertz CT molecular complexity index is 606. The van der Waals surface area contributed by atoms with Crippen LogP contribution in [0.4, 0.5) is 0 Å². The third-order valence-corrected chi connectivity index (χ3v) is 6.25. The van der Waals surface area contributed by atoms with Gasteiger partial charge in [0.1, 0.15) is 0 Å². The van der Waals surface area contributed by atoms with Gasteiger partial charge in [-0.1, -0.05) is 19.3 Å². The van der Waals surface area contributed by atoms with Gasteiger partial charge in [0.25, 0.3) is 0 Å². The number of nitrogens with zero attached hydrogens (tertiary/aromatic N) is 2. The topological polar surface area (TPSA) is 40.2 Å². The Labute approximate surface area is 170 Å². The molecule has 2 heterocycles. The van der Waals surface area contributed by atoms with Gasteiger partial charge in [-0.2, -0.15) is 0 Å². The lowest BCUT2D eigenvalue weighted by Gasteiger charge is -2.47. The largest absolute Gasteiger partial charge is 0.360 e. The molecule has 2 aliphatic rings. The predicted octanol–water partition coefficient (Wildman–Crippen LogP) is 4.40. The fourth-order valence-electron chi connectivity index (χ4n) is 5.13. The fourth-order valence-corrected chi connectivity index (χ4v) is 5.51. The molecule has 0 radical (unpaired) electrons. The average molecular weight is 389 g/mol. The Morgan fingerprint density at radius 1 is 1.11 bits per heavy atom. The van der Waals surface area contributed by atoms with Crippen molar-refractivity contribution in [2.45, 2.75) is 102 Å². The van der Waals surface area contributed by atoms with E-state index in [0.29, 0.717) is 12.1 Å². The molecule has 27 heavy (non-hydrogen) atoms. The number of aromatic nitrogens is 1. The van der Waals surface area contributed by atoms with Crippen molar-refractivity contribution >= 4 is 17.3 Å². The molecule has 2 N–H and O–H groups in total. The number of thiocarbonyl (C=S) groups is 1. The van der Waals surface area contributed by atoms with E-state index >= 15 is 0 Å². The second-order valence-electron chi connectivity index (χ2n) is 9.72. The summed E-state index contributed by atoms with van der Waals surface area (Å²) in [6.07, 6.45) is 12.4. The molecule has 0 spiro atoms. The van der Waals surface area contributed by atoms with Crippen molar-refractivity contribution in [3.8, 4) is 0 Å². The highest BCUT2D eigenvalue weighted by Crippen LogP contribution is 2.29. The molecular weight excluding hydrogens is 352 g/mol. The second kappa shape index (κ2) is 8.44. The van der Waals surface area contributed by atoms with Crippen molar-refractivity contribution in [2.75, 3.05) is 0 Å². The van der Waals surface area contributed by atoms with Crippen LogP contribution in [-0.4, -0.2) is 38.2 Å². The number of hydrogen-bond acceptors (Lipinski definition) is 3. The Kier molecular flexibility index (Phi) is 6.42. The number of rotatable bonds is 4. The molecule has 1 saturated heterocycles. The third-order valence-electron chi connectivity index (χ3n) is 5.90. The minimum atomic E-state index is 0.121. The van der Waals surface area contributed by atoms with Crippen LogP contribution in [0.1, 0.15) is 78.2 Å². The van der Waals surface area contributed by atoms with E-state index in [4.69, 9.17) is 12.2 Å². The van der Waals surface area contributed by atoms with E-state index in [2.05, 4.69) is 60.3 Å². The van der Waals surface area contributed by atoms with Crippen molar-refractivity contribution in [1.29, 1.82) is 0 Å². The normalized spacial score (nSPS) is 23.0. The molecule has 3 rings (SSSR count). The van der Waals surface area contributed by atoms with Crippen LogP contribution in [0.2, 0.25) is 0 Å². The van der Waals surface area contributed by atoms with E-state index in [-0.39, 0.29) is 11.1 Å². The van der Waals surface area contributed by atoms with Gasteiger partial charge in [-0.05, 0) is 83.3 Å². The Morgan fingerprint density at radius 3 is 2.30 bits per heavy atom. The molecule has 1 aliphatic carbocycles. The maximum atomic E-state index is 5.96. The van der Waals surface area contributed by atoms with Gasteiger partial charge in [-0.25, -0.2) is 0 Å². The first-order valence-electron chi connectivity index (χ1n) is 10.5. The molecule has 4 nitrogen and oxygen atoms in total. The van der Waals surface area contributed by atoms with Crippen LogP contribution in [0.3, 0.4) is 0 Å². The molecule has 0 unspecified atom stereocenters. The zero-order chi connectivity index (χ0) is 19.5. The average Bonchev–Trinajstić information content (AvgIpc) is 2.58. The van der Waals surface area contributed by atoms with Gasteiger partial charge in [-0.3, -0.25) is 4.98 Å². The third kappa shape index (κ3) is 5.89. The zero-order valence-corrected chi connectivity index (χ0v) is 18.2. The molecular formula is C22H36N4S. The molecule has 0 atom stereocenters. The maximum Gasteiger partial charge on any atom is 0.169 e. The predicted molar refractivity (Wildman–Crippen MR) is 117 cm³/mol. The standard InChI is InChI=1S/C22H36N4S/c1-21(2)14-18(15-22(3,4)25-21)24-20(27)26(19-8-6-5-7-9-19)16-17-10-12-23-13-11-17/h10-13,18-19,25H,5-9,14-16H2,1-4H3,(H,24,27). The summed E-state index contributed by atoms with van der Waals surface area (Å²) < 4.78 is 0. The van der Waals surface area contributed by atoms with Gasteiger partial charge in [0.15, 0.2) is 5.11 Å². The summed E-state index contributed by atoms with van der Waals surface area (Å²) in [6.45, 7) is 10.0. The van der Waals surface area contributed by atoms with Crippen molar-refractivity contribution in [2.24, 2.45) is 0 Å².